The number of anilines is 2. The zero-order valence-electron chi connectivity index (χ0n) is 12.2. The number of fused-ring (bicyclic) bond motifs is 1. The summed E-state index contributed by atoms with van der Waals surface area (Å²) >= 11 is 0. The summed E-state index contributed by atoms with van der Waals surface area (Å²) in [6.07, 6.45) is 1.08. The van der Waals surface area contributed by atoms with E-state index in [1.165, 1.54) is 5.56 Å². The third-order valence-corrected chi connectivity index (χ3v) is 3.36. The van der Waals surface area contributed by atoms with Gasteiger partial charge in [0.1, 0.15) is 0 Å². The lowest BCUT2D eigenvalue weighted by molar-refractivity contribution is 0.964. The van der Waals surface area contributed by atoms with E-state index in [0.717, 1.165) is 42.2 Å². The van der Waals surface area contributed by atoms with Crippen LogP contribution in [-0.2, 0) is 6.54 Å². The van der Waals surface area contributed by atoms with Gasteiger partial charge in [-0.1, -0.05) is 37.3 Å². The van der Waals surface area contributed by atoms with Crippen molar-refractivity contribution in [2.24, 2.45) is 0 Å². The van der Waals surface area contributed by atoms with E-state index in [1.54, 1.807) is 0 Å². The minimum absolute atomic E-state index is 0.821. The van der Waals surface area contributed by atoms with Crippen LogP contribution >= 0.6 is 0 Å². The maximum Gasteiger partial charge on any atom is 0.201 e. The van der Waals surface area contributed by atoms with Gasteiger partial charge in [0, 0.05) is 18.8 Å². The van der Waals surface area contributed by atoms with Crippen LogP contribution in [0, 0.1) is 0 Å². The van der Waals surface area contributed by atoms with Crippen LogP contribution in [0.25, 0.3) is 11.0 Å². The van der Waals surface area contributed by atoms with Crippen LogP contribution in [0.15, 0.2) is 48.5 Å². The quantitative estimate of drug-likeness (QED) is 0.639. The highest BCUT2D eigenvalue weighted by atomic mass is 15.1. The van der Waals surface area contributed by atoms with E-state index in [4.69, 9.17) is 0 Å². The molecule has 0 bridgehead atoms. The monoisotopic (exact) mass is 280 g/mol. The Kier molecular flexibility index (Phi) is 4.05. The van der Waals surface area contributed by atoms with Crippen LogP contribution in [0.1, 0.15) is 18.9 Å². The topological polar surface area (TPSA) is 52.7 Å². The maximum absolute atomic E-state index is 4.52. The molecule has 4 heteroatoms. The second-order valence-electron chi connectivity index (χ2n) is 5.08. The Morgan fingerprint density at radius 3 is 2.71 bits per heavy atom. The van der Waals surface area contributed by atoms with Gasteiger partial charge in [-0.15, -0.1) is 0 Å². The number of hydrogen-bond acceptors (Lipinski definition) is 3. The van der Waals surface area contributed by atoms with Gasteiger partial charge in [0.2, 0.25) is 5.95 Å². The van der Waals surface area contributed by atoms with Gasteiger partial charge in [-0.2, -0.15) is 0 Å². The van der Waals surface area contributed by atoms with Crippen LogP contribution in [-0.4, -0.2) is 16.5 Å². The number of aromatic nitrogens is 2. The molecular weight excluding hydrogens is 260 g/mol. The molecule has 0 atom stereocenters. The first-order chi connectivity index (χ1) is 10.3. The summed E-state index contributed by atoms with van der Waals surface area (Å²) in [6.45, 7) is 3.89. The van der Waals surface area contributed by atoms with E-state index in [0.29, 0.717) is 0 Å². The molecule has 21 heavy (non-hydrogen) atoms. The number of rotatable bonds is 6. The fourth-order valence-electron chi connectivity index (χ4n) is 2.25. The summed E-state index contributed by atoms with van der Waals surface area (Å²) in [5.41, 5.74) is 4.40. The van der Waals surface area contributed by atoms with Crippen molar-refractivity contribution in [3.8, 4) is 0 Å². The molecule has 0 spiro atoms. The molecule has 108 valence electrons. The summed E-state index contributed by atoms with van der Waals surface area (Å²) < 4.78 is 0. The van der Waals surface area contributed by atoms with E-state index in [9.17, 15) is 0 Å². The van der Waals surface area contributed by atoms with Crippen molar-refractivity contribution in [2.75, 3.05) is 17.2 Å². The number of aromatic amines is 1. The first-order valence-electron chi connectivity index (χ1n) is 7.36. The SMILES string of the molecule is CCCNc1nc2ccc(NCc3ccccc3)cc2[nH]1. The van der Waals surface area contributed by atoms with Crippen LogP contribution in [0.2, 0.25) is 0 Å². The number of nitrogens with one attached hydrogen (secondary N) is 3. The van der Waals surface area contributed by atoms with Crippen molar-refractivity contribution in [2.45, 2.75) is 19.9 Å². The number of hydrogen-bond donors (Lipinski definition) is 3. The Hall–Kier alpha value is -2.49. The van der Waals surface area contributed by atoms with Crippen LogP contribution in [0.5, 0.6) is 0 Å². The lowest BCUT2D eigenvalue weighted by atomic mass is 10.2. The average molecular weight is 280 g/mol. The third kappa shape index (κ3) is 3.34. The molecule has 0 saturated carbocycles. The number of imidazole rings is 1. The second-order valence-corrected chi connectivity index (χ2v) is 5.08. The van der Waals surface area contributed by atoms with E-state index in [1.807, 2.05) is 12.1 Å². The highest BCUT2D eigenvalue weighted by Gasteiger charge is 2.03. The van der Waals surface area contributed by atoms with E-state index >= 15 is 0 Å². The zero-order valence-corrected chi connectivity index (χ0v) is 12.2. The van der Waals surface area contributed by atoms with Crippen molar-refractivity contribution in [1.82, 2.24) is 9.97 Å². The Morgan fingerprint density at radius 2 is 1.90 bits per heavy atom. The molecule has 3 aromatic rings. The second kappa shape index (κ2) is 6.31. The summed E-state index contributed by atoms with van der Waals surface area (Å²) in [5, 5.41) is 6.71. The Balaban J connectivity index is 1.71. The predicted molar refractivity (Wildman–Crippen MR) is 88.6 cm³/mol. The van der Waals surface area contributed by atoms with E-state index in [2.05, 4.69) is 63.9 Å². The molecule has 1 aromatic heterocycles. The largest absolute Gasteiger partial charge is 0.381 e. The van der Waals surface area contributed by atoms with Gasteiger partial charge in [0.15, 0.2) is 0 Å². The zero-order chi connectivity index (χ0) is 14.5. The molecule has 0 fully saturated rings. The molecule has 0 radical (unpaired) electrons. The van der Waals surface area contributed by atoms with Gasteiger partial charge in [-0.05, 0) is 30.2 Å². The van der Waals surface area contributed by atoms with Gasteiger partial charge < -0.3 is 15.6 Å². The minimum Gasteiger partial charge on any atom is -0.381 e. The molecule has 0 aliphatic carbocycles. The van der Waals surface area contributed by atoms with E-state index in [-0.39, 0.29) is 0 Å². The number of benzene rings is 2. The molecule has 0 unspecified atom stereocenters. The lowest BCUT2D eigenvalue weighted by Gasteiger charge is -2.06. The lowest BCUT2D eigenvalue weighted by Crippen LogP contribution is -2.00. The third-order valence-electron chi connectivity index (χ3n) is 3.36. The molecule has 0 aliphatic rings. The fraction of sp³-hybridized carbons (Fsp3) is 0.235. The van der Waals surface area contributed by atoms with Crippen molar-refractivity contribution < 1.29 is 0 Å². The molecular formula is C17H20N4. The normalized spacial score (nSPS) is 10.7. The maximum atomic E-state index is 4.52. The molecule has 1 heterocycles. The average Bonchev–Trinajstić information content (AvgIpc) is 2.94. The van der Waals surface area contributed by atoms with Crippen molar-refractivity contribution in [3.63, 3.8) is 0 Å². The molecule has 0 aliphatic heterocycles. The summed E-state index contributed by atoms with van der Waals surface area (Å²) in [6, 6.07) is 16.6. The van der Waals surface area contributed by atoms with Crippen molar-refractivity contribution in [1.29, 1.82) is 0 Å². The molecule has 0 saturated heterocycles. The van der Waals surface area contributed by atoms with Crippen LogP contribution in [0.4, 0.5) is 11.6 Å². The molecule has 2 aromatic carbocycles. The number of H-pyrrole nitrogens is 1. The molecule has 3 rings (SSSR count). The summed E-state index contributed by atoms with van der Waals surface area (Å²) in [5.74, 6) is 0.840. The standard InChI is InChI=1S/C17H20N4/c1-2-10-18-17-20-15-9-8-14(11-16(15)21-17)19-12-13-6-4-3-5-7-13/h3-9,11,19H,2,10,12H2,1H3,(H2,18,20,21). The molecule has 3 N–H and O–H groups in total. The minimum atomic E-state index is 0.821. The predicted octanol–water partition coefficient (Wildman–Crippen LogP) is 4.00. The molecule has 4 nitrogen and oxygen atoms in total. The first kappa shape index (κ1) is 13.5. The van der Waals surface area contributed by atoms with Crippen molar-refractivity contribution in [3.05, 3.63) is 54.1 Å². The first-order valence-corrected chi connectivity index (χ1v) is 7.36. The Bertz CT molecular complexity index is 703. The Morgan fingerprint density at radius 1 is 1.05 bits per heavy atom. The van der Waals surface area contributed by atoms with Gasteiger partial charge in [0.25, 0.3) is 0 Å². The fourth-order valence-corrected chi connectivity index (χ4v) is 2.25. The van der Waals surface area contributed by atoms with Gasteiger partial charge in [-0.3, -0.25) is 0 Å². The van der Waals surface area contributed by atoms with Gasteiger partial charge in [0.05, 0.1) is 11.0 Å². The van der Waals surface area contributed by atoms with Gasteiger partial charge in [-0.25, -0.2) is 4.98 Å². The summed E-state index contributed by atoms with van der Waals surface area (Å²) in [4.78, 5) is 7.82. The smallest absolute Gasteiger partial charge is 0.201 e. The Labute approximate surface area is 124 Å². The molecule has 0 amide bonds. The highest BCUT2D eigenvalue weighted by molar-refractivity contribution is 5.81. The van der Waals surface area contributed by atoms with Crippen molar-refractivity contribution >= 4 is 22.7 Å². The summed E-state index contributed by atoms with van der Waals surface area (Å²) in [7, 11) is 0. The van der Waals surface area contributed by atoms with Gasteiger partial charge >= 0.3 is 0 Å². The van der Waals surface area contributed by atoms with E-state index < -0.39 is 0 Å². The van der Waals surface area contributed by atoms with Crippen LogP contribution < -0.4 is 10.6 Å². The number of nitrogens with zero attached hydrogens (tertiary/aromatic N) is 1. The highest BCUT2D eigenvalue weighted by Crippen LogP contribution is 2.19. The van der Waals surface area contributed by atoms with Crippen LogP contribution in [0.3, 0.4) is 0 Å².